The Balaban J connectivity index is 1.36. The molecule has 6 rings (SSSR count). The van der Waals surface area contributed by atoms with Crippen LogP contribution in [0.1, 0.15) is 49.2 Å². The summed E-state index contributed by atoms with van der Waals surface area (Å²) in [5, 5.41) is 13.9. The van der Waals surface area contributed by atoms with Gasteiger partial charge in [0, 0.05) is 36.9 Å². The van der Waals surface area contributed by atoms with E-state index >= 15 is 0 Å². The molecule has 1 saturated carbocycles. The molecule has 0 N–H and O–H groups in total. The minimum atomic E-state index is -0.423. The zero-order chi connectivity index (χ0) is 25.4. The summed E-state index contributed by atoms with van der Waals surface area (Å²) in [5.74, 6) is 1.53. The molecular formula is C27H29ClN6O3. The van der Waals surface area contributed by atoms with Crippen molar-refractivity contribution in [3.63, 3.8) is 0 Å². The normalized spacial score (nSPS) is 17.9. The van der Waals surface area contributed by atoms with Crippen LogP contribution in [0, 0.1) is 0 Å². The Hall–Kier alpha value is -3.43. The summed E-state index contributed by atoms with van der Waals surface area (Å²) in [6.07, 6.45) is 5.97. The van der Waals surface area contributed by atoms with Gasteiger partial charge in [0.2, 0.25) is 0 Å². The monoisotopic (exact) mass is 520 g/mol. The summed E-state index contributed by atoms with van der Waals surface area (Å²) in [5.41, 5.74) is 2.08. The second-order valence-electron chi connectivity index (χ2n) is 9.70. The van der Waals surface area contributed by atoms with Crippen molar-refractivity contribution in [1.29, 1.82) is 0 Å². The fourth-order valence-electron chi connectivity index (χ4n) is 5.63. The van der Waals surface area contributed by atoms with E-state index < -0.39 is 6.04 Å². The number of rotatable bonds is 6. The average Bonchev–Trinajstić information content (AvgIpc) is 3.63. The zero-order valence-electron chi connectivity index (χ0n) is 20.7. The number of piperazine rings is 1. The second-order valence-corrected chi connectivity index (χ2v) is 10.1. The van der Waals surface area contributed by atoms with E-state index in [0.29, 0.717) is 27.4 Å². The van der Waals surface area contributed by atoms with Gasteiger partial charge in [-0.3, -0.25) is 9.69 Å². The number of hydrogen-bond acceptors (Lipinski definition) is 8. The van der Waals surface area contributed by atoms with Crippen LogP contribution >= 0.6 is 11.6 Å². The lowest BCUT2D eigenvalue weighted by Crippen LogP contribution is -2.49. The zero-order valence-corrected chi connectivity index (χ0v) is 21.5. The first-order valence-electron chi connectivity index (χ1n) is 12.7. The smallest absolute Gasteiger partial charge is 0.197 e. The van der Waals surface area contributed by atoms with Crippen LogP contribution in [0.2, 0.25) is 5.02 Å². The molecule has 2 fully saturated rings. The molecule has 4 aromatic rings. The van der Waals surface area contributed by atoms with Gasteiger partial charge in [0.05, 0.1) is 24.1 Å². The van der Waals surface area contributed by atoms with E-state index in [1.54, 1.807) is 31.6 Å². The number of nitrogens with zero attached hydrogens (tertiary/aromatic N) is 6. The number of ether oxygens (including phenoxy) is 1. The molecule has 0 amide bonds. The number of aromatic nitrogens is 4. The standard InChI is InChI=1S/C27H29ClN6O3/c1-36-21-9-7-19(8-10-21)32-12-14-33(15-13-32)25(27-29-30-31-34(27)20-4-2-3-5-20)23-17-37-24-11-6-18(28)16-22(24)26(23)35/h6-11,16-17,20,25H,2-5,12-15H2,1H3. The number of anilines is 1. The molecule has 2 aliphatic rings. The van der Waals surface area contributed by atoms with E-state index in [1.165, 1.54) is 0 Å². The molecule has 37 heavy (non-hydrogen) atoms. The van der Waals surface area contributed by atoms with Gasteiger partial charge in [-0.1, -0.05) is 24.4 Å². The van der Waals surface area contributed by atoms with Gasteiger partial charge in [-0.05, 0) is 65.7 Å². The molecule has 0 bridgehead atoms. The molecule has 1 unspecified atom stereocenters. The Labute approximate surface area is 219 Å². The van der Waals surface area contributed by atoms with E-state index in [-0.39, 0.29) is 11.5 Å². The third-order valence-corrected chi connectivity index (χ3v) is 7.84. The lowest BCUT2D eigenvalue weighted by atomic mass is 10.0. The first-order valence-corrected chi connectivity index (χ1v) is 13.1. The maximum Gasteiger partial charge on any atom is 0.197 e. The molecule has 9 nitrogen and oxygen atoms in total. The Morgan fingerprint density at radius 2 is 1.81 bits per heavy atom. The molecule has 2 aromatic heterocycles. The molecule has 10 heteroatoms. The summed E-state index contributed by atoms with van der Waals surface area (Å²) in [4.78, 5) is 18.4. The second kappa shape index (κ2) is 10.1. The number of halogens is 1. The fraction of sp³-hybridized carbons (Fsp3) is 0.407. The lowest BCUT2D eigenvalue weighted by Gasteiger charge is -2.39. The van der Waals surface area contributed by atoms with Crippen molar-refractivity contribution >= 4 is 28.3 Å². The molecule has 3 heterocycles. The SMILES string of the molecule is COc1ccc(N2CCN(C(c3coc4ccc(Cl)cc4c3=O)c3nnnn3C3CCCC3)CC2)cc1. The Kier molecular flexibility index (Phi) is 6.56. The van der Waals surface area contributed by atoms with Crippen molar-refractivity contribution in [2.45, 2.75) is 37.8 Å². The topological polar surface area (TPSA) is 89.5 Å². The van der Waals surface area contributed by atoms with Gasteiger partial charge in [0.1, 0.15) is 23.6 Å². The van der Waals surface area contributed by atoms with E-state index in [2.05, 4.69) is 37.5 Å². The van der Waals surface area contributed by atoms with Crippen LogP contribution in [0.3, 0.4) is 0 Å². The van der Waals surface area contributed by atoms with Crippen molar-refractivity contribution in [1.82, 2.24) is 25.1 Å². The van der Waals surface area contributed by atoms with Gasteiger partial charge < -0.3 is 14.1 Å². The van der Waals surface area contributed by atoms with E-state index in [0.717, 1.165) is 63.3 Å². The number of fused-ring (bicyclic) bond motifs is 1. The summed E-state index contributed by atoms with van der Waals surface area (Å²) >= 11 is 6.23. The molecule has 1 atom stereocenters. The minimum absolute atomic E-state index is 0.104. The summed E-state index contributed by atoms with van der Waals surface area (Å²) in [7, 11) is 1.67. The van der Waals surface area contributed by atoms with Gasteiger partial charge in [0.25, 0.3) is 0 Å². The number of hydrogen-bond donors (Lipinski definition) is 0. The highest BCUT2D eigenvalue weighted by Crippen LogP contribution is 2.34. The van der Waals surface area contributed by atoms with Crippen LogP contribution in [0.5, 0.6) is 5.75 Å². The highest BCUT2D eigenvalue weighted by molar-refractivity contribution is 6.31. The summed E-state index contributed by atoms with van der Waals surface area (Å²) in [6.45, 7) is 3.08. The van der Waals surface area contributed by atoms with Gasteiger partial charge in [-0.25, -0.2) is 4.68 Å². The minimum Gasteiger partial charge on any atom is -0.497 e. The van der Waals surface area contributed by atoms with Crippen molar-refractivity contribution in [3.05, 3.63) is 75.4 Å². The van der Waals surface area contributed by atoms with E-state index in [4.69, 9.17) is 20.8 Å². The van der Waals surface area contributed by atoms with Gasteiger partial charge in [-0.15, -0.1) is 5.10 Å². The quantitative estimate of drug-likeness (QED) is 0.368. The van der Waals surface area contributed by atoms with Crippen LogP contribution < -0.4 is 15.1 Å². The Bertz CT molecular complexity index is 1440. The summed E-state index contributed by atoms with van der Waals surface area (Å²) in [6, 6.07) is 13.1. The Morgan fingerprint density at radius 3 is 2.54 bits per heavy atom. The van der Waals surface area contributed by atoms with Gasteiger partial charge in [-0.2, -0.15) is 0 Å². The van der Waals surface area contributed by atoms with Crippen LogP contribution in [-0.2, 0) is 0 Å². The average molecular weight is 521 g/mol. The molecule has 0 radical (unpaired) electrons. The largest absolute Gasteiger partial charge is 0.497 e. The van der Waals surface area contributed by atoms with Gasteiger partial charge in [0.15, 0.2) is 11.3 Å². The summed E-state index contributed by atoms with van der Waals surface area (Å²) < 4.78 is 13.2. The van der Waals surface area contributed by atoms with Crippen molar-refractivity contribution in [3.8, 4) is 5.75 Å². The van der Waals surface area contributed by atoms with E-state index in [9.17, 15) is 4.79 Å². The van der Waals surface area contributed by atoms with Crippen molar-refractivity contribution in [2.24, 2.45) is 0 Å². The third kappa shape index (κ3) is 4.57. The number of benzene rings is 2. The molecule has 0 spiro atoms. The molecule has 1 aliphatic heterocycles. The first-order chi connectivity index (χ1) is 18.1. The van der Waals surface area contributed by atoms with Gasteiger partial charge >= 0.3 is 0 Å². The van der Waals surface area contributed by atoms with Crippen LogP contribution in [0.15, 0.2) is 57.9 Å². The van der Waals surface area contributed by atoms with Crippen molar-refractivity contribution < 1.29 is 9.15 Å². The van der Waals surface area contributed by atoms with Crippen LogP contribution in [-0.4, -0.2) is 58.4 Å². The molecular weight excluding hydrogens is 492 g/mol. The maximum absolute atomic E-state index is 13.8. The predicted octanol–water partition coefficient (Wildman–Crippen LogP) is 4.47. The molecule has 192 valence electrons. The molecule has 1 saturated heterocycles. The third-order valence-electron chi connectivity index (χ3n) is 7.61. The van der Waals surface area contributed by atoms with Crippen LogP contribution in [0.25, 0.3) is 11.0 Å². The Morgan fingerprint density at radius 1 is 1.05 bits per heavy atom. The lowest BCUT2D eigenvalue weighted by molar-refractivity contribution is 0.195. The van der Waals surface area contributed by atoms with Crippen LogP contribution in [0.4, 0.5) is 5.69 Å². The molecule has 2 aromatic carbocycles. The fourth-order valence-corrected chi connectivity index (χ4v) is 5.80. The number of tetrazole rings is 1. The maximum atomic E-state index is 13.8. The predicted molar refractivity (Wildman–Crippen MR) is 141 cm³/mol. The van der Waals surface area contributed by atoms with Crippen molar-refractivity contribution in [2.75, 3.05) is 38.2 Å². The van der Waals surface area contributed by atoms with E-state index in [1.807, 2.05) is 16.8 Å². The molecule has 1 aliphatic carbocycles. The number of methoxy groups -OCH3 is 1. The first kappa shape index (κ1) is 23.9. The highest BCUT2D eigenvalue weighted by atomic mass is 35.5. The highest BCUT2D eigenvalue weighted by Gasteiger charge is 2.35.